The van der Waals surface area contributed by atoms with Crippen LogP contribution in [0.15, 0.2) is 36.4 Å². The van der Waals surface area contributed by atoms with Crippen molar-refractivity contribution in [2.75, 3.05) is 13.7 Å². The quantitative estimate of drug-likeness (QED) is 0.677. The average Bonchev–Trinajstić information content (AvgIpc) is 2.58. The van der Waals surface area contributed by atoms with Crippen LogP contribution in [-0.4, -0.2) is 24.3 Å². The van der Waals surface area contributed by atoms with Crippen LogP contribution in [0.1, 0.15) is 48.3 Å². The molecule has 2 rings (SSSR count). The van der Waals surface area contributed by atoms with Crippen LogP contribution in [0.3, 0.4) is 0 Å². The molecule has 0 aliphatic heterocycles. The van der Waals surface area contributed by atoms with Crippen molar-refractivity contribution in [2.24, 2.45) is 0 Å². The molecule has 25 heavy (non-hydrogen) atoms. The average molecular weight is 347 g/mol. The Labute approximate surface area is 147 Å². The molecule has 0 radical (unpaired) electrons. The molecular weight excluding hydrogens is 324 g/mol. The summed E-state index contributed by atoms with van der Waals surface area (Å²) in [5.41, 5.74) is 2.18. The predicted molar refractivity (Wildman–Crippen MR) is 93.9 cm³/mol. The lowest BCUT2D eigenvalue weighted by molar-refractivity contribution is 0.101. The second kappa shape index (κ2) is 8.21. The molecule has 3 nitrogen and oxygen atoms in total. The Hall–Kier alpha value is -2.27. The molecule has 0 aromatic heterocycles. The first-order chi connectivity index (χ1) is 11.8. The van der Waals surface area contributed by atoms with Gasteiger partial charge in [-0.05, 0) is 63.7 Å². The monoisotopic (exact) mass is 347 g/mol. The molecule has 0 saturated carbocycles. The maximum atomic E-state index is 13.5. The second-order valence-corrected chi connectivity index (χ2v) is 6.08. The number of hydrogen-bond acceptors (Lipinski definition) is 3. The minimum Gasteiger partial charge on any atom is -0.494 e. The van der Waals surface area contributed by atoms with Crippen molar-refractivity contribution < 1.29 is 18.3 Å². The van der Waals surface area contributed by atoms with Gasteiger partial charge in [-0.2, -0.15) is 0 Å². The summed E-state index contributed by atoms with van der Waals surface area (Å²) < 4.78 is 32.3. The van der Waals surface area contributed by atoms with Crippen molar-refractivity contribution in [2.45, 2.75) is 33.4 Å². The zero-order valence-corrected chi connectivity index (χ0v) is 15.0. The van der Waals surface area contributed by atoms with Crippen molar-refractivity contribution in [1.29, 1.82) is 0 Å². The first-order valence-corrected chi connectivity index (χ1v) is 8.25. The van der Waals surface area contributed by atoms with Crippen LogP contribution in [0.25, 0.3) is 0 Å². The van der Waals surface area contributed by atoms with Gasteiger partial charge in [0, 0.05) is 23.7 Å². The second-order valence-electron chi connectivity index (χ2n) is 6.08. The summed E-state index contributed by atoms with van der Waals surface area (Å²) in [5, 5.41) is 0. The van der Waals surface area contributed by atoms with E-state index >= 15 is 0 Å². The molecule has 0 aliphatic rings. The van der Waals surface area contributed by atoms with E-state index in [4.69, 9.17) is 4.74 Å². The summed E-state index contributed by atoms with van der Waals surface area (Å²) in [6, 6.07) is 9.16. The Kier molecular flexibility index (Phi) is 6.26. The maximum Gasteiger partial charge on any atom is 0.159 e. The Morgan fingerprint density at radius 1 is 1.16 bits per heavy atom. The third kappa shape index (κ3) is 4.63. The summed E-state index contributed by atoms with van der Waals surface area (Å²) in [6.45, 7) is 6.37. The molecule has 0 bridgehead atoms. The number of hydrogen-bond donors (Lipinski definition) is 0. The van der Waals surface area contributed by atoms with Gasteiger partial charge in [-0.15, -0.1) is 0 Å². The minimum atomic E-state index is -0.855. The van der Waals surface area contributed by atoms with Crippen molar-refractivity contribution in [3.8, 4) is 5.75 Å². The van der Waals surface area contributed by atoms with Crippen LogP contribution < -0.4 is 4.74 Å². The molecule has 2 aromatic carbocycles. The van der Waals surface area contributed by atoms with Crippen LogP contribution in [0.4, 0.5) is 8.78 Å². The largest absolute Gasteiger partial charge is 0.494 e. The fourth-order valence-electron chi connectivity index (χ4n) is 2.65. The number of ketones is 1. The number of carbonyl (C=O) groups is 1. The molecule has 0 spiro atoms. The lowest BCUT2D eigenvalue weighted by Gasteiger charge is -2.26. The fourth-order valence-corrected chi connectivity index (χ4v) is 2.65. The van der Waals surface area contributed by atoms with Crippen molar-refractivity contribution >= 4 is 5.78 Å². The van der Waals surface area contributed by atoms with Crippen molar-refractivity contribution in [3.05, 3.63) is 64.7 Å². The van der Waals surface area contributed by atoms with Gasteiger partial charge in [0.2, 0.25) is 0 Å². The van der Waals surface area contributed by atoms with Gasteiger partial charge >= 0.3 is 0 Å². The maximum absolute atomic E-state index is 13.5. The Morgan fingerprint density at radius 3 is 2.48 bits per heavy atom. The lowest BCUT2D eigenvalue weighted by Crippen LogP contribution is -2.22. The minimum absolute atomic E-state index is 0.0133. The molecule has 5 heteroatoms. The molecule has 0 N–H and O–H groups in total. The van der Waals surface area contributed by atoms with E-state index in [0.717, 1.165) is 17.4 Å². The first-order valence-electron chi connectivity index (χ1n) is 8.25. The van der Waals surface area contributed by atoms with Gasteiger partial charge < -0.3 is 4.74 Å². The topological polar surface area (TPSA) is 29.5 Å². The van der Waals surface area contributed by atoms with Gasteiger partial charge in [0.1, 0.15) is 5.75 Å². The van der Waals surface area contributed by atoms with Gasteiger partial charge in [-0.3, -0.25) is 9.69 Å². The van der Waals surface area contributed by atoms with Gasteiger partial charge in [0.05, 0.1) is 6.61 Å². The number of ether oxygens (including phenoxy) is 1. The van der Waals surface area contributed by atoms with Gasteiger partial charge in [-0.1, -0.05) is 6.07 Å². The molecular formula is C20H23F2NO2. The van der Waals surface area contributed by atoms with Crippen LogP contribution in [0.5, 0.6) is 5.75 Å². The molecule has 0 amide bonds. The summed E-state index contributed by atoms with van der Waals surface area (Å²) >= 11 is 0. The van der Waals surface area contributed by atoms with E-state index < -0.39 is 11.6 Å². The highest BCUT2D eigenvalue weighted by molar-refractivity contribution is 5.94. The third-order valence-corrected chi connectivity index (χ3v) is 4.27. The molecule has 134 valence electrons. The summed E-state index contributed by atoms with van der Waals surface area (Å²) in [6.07, 6.45) is 0. The van der Waals surface area contributed by atoms with E-state index in [1.54, 1.807) is 18.2 Å². The Morgan fingerprint density at radius 2 is 1.88 bits per heavy atom. The highest BCUT2D eigenvalue weighted by atomic mass is 19.2. The van der Waals surface area contributed by atoms with E-state index in [9.17, 15) is 13.6 Å². The number of Topliss-reactive ketones (excluding diaryl/α,β-unsaturated/α-hetero) is 1. The number of halogens is 2. The molecule has 1 atom stereocenters. The van der Waals surface area contributed by atoms with E-state index in [2.05, 4.69) is 0 Å². The molecule has 0 saturated heterocycles. The van der Waals surface area contributed by atoms with Gasteiger partial charge in [-0.25, -0.2) is 8.78 Å². The third-order valence-electron chi connectivity index (χ3n) is 4.27. The normalized spacial score (nSPS) is 12.3. The zero-order chi connectivity index (χ0) is 18.6. The molecule has 0 heterocycles. The highest BCUT2D eigenvalue weighted by Gasteiger charge is 2.17. The Balaban J connectivity index is 2.25. The molecule has 1 unspecified atom stereocenters. The van der Waals surface area contributed by atoms with Crippen molar-refractivity contribution in [3.63, 3.8) is 0 Å². The Bertz CT molecular complexity index is 761. The van der Waals surface area contributed by atoms with E-state index in [-0.39, 0.29) is 11.8 Å². The van der Waals surface area contributed by atoms with E-state index in [1.165, 1.54) is 13.0 Å². The van der Waals surface area contributed by atoms with Crippen LogP contribution >= 0.6 is 0 Å². The first kappa shape index (κ1) is 19.1. The standard InChI is InChI=1S/C20H23F2NO2/c1-5-25-20-9-7-16(14(3)24)10-17(20)12-23(4)13(2)15-6-8-18(21)19(22)11-15/h6-11,13H,5,12H2,1-4H3. The van der Waals surface area contributed by atoms with Crippen LogP contribution in [0.2, 0.25) is 0 Å². The molecule has 0 aliphatic carbocycles. The van der Waals surface area contributed by atoms with Crippen LogP contribution in [-0.2, 0) is 6.54 Å². The van der Waals surface area contributed by atoms with Gasteiger partial charge in [0.25, 0.3) is 0 Å². The van der Waals surface area contributed by atoms with E-state index in [0.29, 0.717) is 24.3 Å². The lowest BCUT2D eigenvalue weighted by atomic mass is 10.0. The highest BCUT2D eigenvalue weighted by Crippen LogP contribution is 2.27. The number of benzene rings is 2. The van der Waals surface area contributed by atoms with E-state index in [1.807, 2.05) is 31.9 Å². The number of rotatable bonds is 7. The predicted octanol–water partition coefficient (Wildman–Crippen LogP) is 4.76. The van der Waals surface area contributed by atoms with Crippen molar-refractivity contribution in [1.82, 2.24) is 4.90 Å². The fraction of sp³-hybridized carbons (Fsp3) is 0.350. The summed E-state index contributed by atoms with van der Waals surface area (Å²) in [7, 11) is 1.89. The summed E-state index contributed by atoms with van der Waals surface area (Å²) in [4.78, 5) is 13.6. The van der Waals surface area contributed by atoms with Gasteiger partial charge in [0.15, 0.2) is 17.4 Å². The SMILES string of the molecule is CCOc1ccc(C(C)=O)cc1CN(C)C(C)c1ccc(F)c(F)c1. The molecule has 2 aromatic rings. The molecule has 0 fully saturated rings. The summed E-state index contributed by atoms with van der Waals surface area (Å²) in [5.74, 6) is -1.00. The number of carbonyl (C=O) groups excluding carboxylic acids is 1. The smallest absolute Gasteiger partial charge is 0.159 e. The zero-order valence-electron chi connectivity index (χ0n) is 15.0. The number of nitrogens with zero attached hydrogens (tertiary/aromatic N) is 1. The van der Waals surface area contributed by atoms with Crippen LogP contribution in [0, 0.1) is 11.6 Å².